The van der Waals surface area contributed by atoms with Crippen LogP contribution in [0.3, 0.4) is 0 Å². The van der Waals surface area contributed by atoms with Gasteiger partial charge in [-0.3, -0.25) is 0 Å². The average molecular weight is 359 g/mol. The van der Waals surface area contributed by atoms with E-state index in [1.165, 1.54) is 0 Å². The van der Waals surface area contributed by atoms with E-state index in [2.05, 4.69) is 5.16 Å². The molecule has 2 aromatic carbocycles. The quantitative estimate of drug-likeness (QED) is 0.485. The molecular weight excluding hydrogens is 338 g/mol. The van der Waals surface area contributed by atoms with Crippen LogP contribution >= 0.6 is 0 Å². The van der Waals surface area contributed by atoms with Gasteiger partial charge in [-0.15, -0.1) is 0 Å². The van der Waals surface area contributed by atoms with Crippen molar-refractivity contribution >= 4 is 5.71 Å². The zero-order valence-corrected chi connectivity index (χ0v) is 14.9. The molecule has 0 aromatic heterocycles. The van der Waals surface area contributed by atoms with Crippen molar-refractivity contribution < 1.29 is 28.9 Å². The van der Waals surface area contributed by atoms with Crippen LogP contribution in [0.2, 0.25) is 0 Å². The first kappa shape index (κ1) is 17.9. The Labute approximate surface area is 151 Å². The van der Waals surface area contributed by atoms with E-state index in [1.54, 1.807) is 21.3 Å². The molecule has 0 saturated carbocycles. The van der Waals surface area contributed by atoms with Gasteiger partial charge in [-0.2, -0.15) is 0 Å². The summed E-state index contributed by atoms with van der Waals surface area (Å²) in [5, 5.41) is 13.1. The highest BCUT2D eigenvalue weighted by Crippen LogP contribution is 2.38. The highest BCUT2D eigenvalue weighted by atomic mass is 16.7. The van der Waals surface area contributed by atoms with Gasteiger partial charge < -0.3 is 28.9 Å². The third-order valence-corrected chi connectivity index (χ3v) is 4.20. The summed E-state index contributed by atoms with van der Waals surface area (Å²) in [6.45, 7) is 0.620. The second-order valence-electron chi connectivity index (χ2n) is 5.65. The maximum Gasteiger partial charge on any atom is 0.203 e. The molecule has 0 fully saturated rings. The Balaban J connectivity index is 1.97. The molecular formula is C19H21NO6. The summed E-state index contributed by atoms with van der Waals surface area (Å²) < 4.78 is 27.0. The average Bonchev–Trinajstić information content (AvgIpc) is 2.70. The maximum absolute atomic E-state index is 9.62. The minimum atomic E-state index is 0.217. The molecule has 0 bridgehead atoms. The van der Waals surface area contributed by atoms with Gasteiger partial charge in [0.1, 0.15) is 5.75 Å². The molecule has 2 aromatic rings. The van der Waals surface area contributed by atoms with E-state index in [0.717, 1.165) is 22.4 Å². The fraction of sp³-hybridized carbons (Fsp3) is 0.316. The van der Waals surface area contributed by atoms with Crippen molar-refractivity contribution in [3.63, 3.8) is 0 Å². The second kappa shape index (κ2) is 7.97. The number of methoxy groups -OCH3 is 3. The van der Waals surface area contributed by atoms with Crippen LogP contribution in [-0.4, -0.2) is 39.0 Å². The van der Waals surface area contributed by atoms with E-state index in [-0.39, 0.29) is 6.79 Å². The van der Waals surface area contributed by atoms with Crippen LogP contribution in [0, 0.1) is 0 Å². The van der Waals surface area contributed by atoms with Gasteiger partial charge in [-0.25, -0.2) is 0 Å². The molecule has 0 amide bonds. The van der Waals surface area contributed by atoms with Gasteiger partial charge in [0, 0.05) is 17.5 Å². The van der Waals surface area contributed by atoms with Crippen molar-refractivity contribution in [3.8, 4) is 23.0 Å². The van der Waals surface area contributed by atoms with Crippen molar-refractivity contribution in [2.45, 2.75) is 13.0 Å². The molecule has 7 nitrogen and oxygen atoms in total. The molecule has 1 aliphatic rings. The van der Waals surface area contributed by atoms with E-state index >= 15 is 0 Å². The van der Waals surface area contributed by atoms with Crippen molar-refractivity contribution in [3.05, 3.63) is 47.0 Å². The molecule has 1 N–H and O–H groups in total. The molecule has 1 aliphatic heterocycles. The first-order valence-corrected chi connectivity index (χ1v) is 8.04. The molecule has 3 rings (SSSR count). The molecule has 0 unspecified atom stereocenters. The van der Waals surface area contributed by atoms with Crippen molar-refractivity contribution in [1.29, 1.82) is 0 Å². The van der Waals surface area contributed by atoms with Gasteiger partial charge in [0.25, 0.3) is 0 Å². The summed E-state index contributed by atoms with van der Waals surface area (Å²) in [6, 6.07) is 9.27. The van der Waals surface area contributed by atoms with Gasteiger partial charge in [0.2, 0.25) is 5.75 Å². The Hall–Kier alpha value is -2.93. The maximum atomic E-state index is 9.62. The van der Waals surface area contributed by atoms with E-state index in [9.17, 15) is 5.21 Å². The van der Waals surface area contributed by atoms with Crippen LogP contribution in [0.1, 0.15) is 16.7 Å². The van der Waals surface area contributed by atoms with E-state index in [1.807, 2.05) is 30.3 Å². The fourth-order valence-electron chi connectivity index (χ4n) is 2.98. The number of nitrogens with zero attached hydrogens (tertiary/aromatic N) is 1. The van der Waals surface area contributed by atoms with Gasteiger partial charge in [-0.1, -0.05) is 17.3 Å². The third-order valence-electron chi connectivity index (χ3n) is 4.20. The summed E-state index contributed by atoms with van der Waals surface area (Å²) in [5.41, 5.74) is 2.98. The largest absolute Gasteiger partial charge is 0.493 e. The standard InChI is InChI=1S/C19H21NO6/c1-22-17-8-12(9-18(23-2)19(17)24-3)7-15(20-21)13-5-4-6-16-14(13)10-25-11-26-16/h4-6,8-9,21H,7,10-11H2,1-3H3. The SMILES string of the molecule is COc1cc(CC(=NO)c2cccc3c2COCO3)cc(OC)c1OC. The topological polar surface area (TPSA) is 78.7 Å². The van der Waals surface area contributed by atoms with Crippen molar-refractivity contribution in [2.24, 2.45) is 5.16 Å². The number of rotatable bonds is 6. The molecule has 0 aliphatic carbocycles. The summed E-state index contributed by atoms with van der Waals surface area (Å²) in [4.78, 5) is 0. The summed E-state index contributed by atoms with van der Waals surface area (Å²) >= 11 is 0. The van der Waals surface area contributed by atoms with E-state index in [0.29, 0.717) is 36.0 Å². The van der Waals surface area contributed by atoms with E-state index < -0.39 is 0 Å². The molecule has 26 heavy (non-hydrogen) atoms. The molecule has 138 valence electrons. The summed E-state index contributed by atoms with van der Waals surface area (Å²) in [5.74, 6) is 2.33. The predicted molar refractivity (Wildman–Crippen MR) is 94.9 cm³/mol. The number of oxime groups is 1. The Kier molecular flexibility index (Phi) is 5.48. The molecule has 7 heteroatoms. The molecule has 0 spiro atoms. The van der Waals surface area contributed by atoms with Crippen LogP contribution in [0.4, 0.5) is 0 Å². The zero-order valence-electron chi connectivity index (χ0n) is 14.9. The second-order valence-corrected chi connectivity index (χ2v) is 5.65. The van der Waals surface area contributed by atoms with Gasteiger partial charge >= 0.3 is 0 Å². The number of hydrogen-bond acceptors (Lipinski definition) is 7. The lowest BCUT2D eigenvalue weighted by molar-refractivity contribution is -0.0164. The number of fused-ring (bicyclic) bond motifs is 1. The summed E-state index contributed by atoms with van der Waals surface area (Å²) in [7, 11) is 4.67. The van der Waals surface area contributed by atoms with E-state index in [4.69, 9.17) is 23.7 Å². The van der Waals surface area contributed by atoms with Crippen LogP contribution in [0.25, 0.3) is 0 Å². The molecule has 0 saturated heterocycles. The molecule has 1 heterocycles. The lowest BCUT2D eigenvalue weighted by Gasteiger charge is -2.21. The van der Waals surface area contributed by atoms with Crippen LogP contribution in [0.15, 0.2) is 35.5 Å². The highest BCUT2D eigenvalue weighted by Gasteiger charge is 2.20. The molecule has 0 atom stereocenters. The monoisotopic (exact) mass is 359 g/mol. The van der Waals surface area contributed by atoms with Gasteiger partial charge in [-0.05, 0) is 23.8 Å². The normalized spacial score (nSPS) is 13.6. The van der Waals surface area contributed by atoms with Crippen molar-refractivity contribution in [1.82, 2.24) is 0 Å². The lowest BCUT2D eigenvalue weighted by atomic mass is 9.96. The minimum Gasteiger partial charge on any atom is -0.493 e. The Morgan fingerprint density at radius 1 is 1.12 bits per heavy atom. The highest BCUT2D eigenvalue weighted by molar-refractivity contribution is 6.03. The predicted octanol–water partition coefficient (Wildman–Crippen LogP) is 3.00. The number of ether oxygens (including phenoxy) is 5. The Bertz CT molecular complexity index is 793. The van der Waals surface area contributed by atoms with Crippen molar-refractivity contribution in [2.75, 3.05) is 28.1 Å². The minimum absolute atomic E-state index is 0.217. The first-order valence-electron chi connectivity index (χ1n) is 8.04. The van der Waals surface area contributed by atoms with Crippen LogP contribution < -0.4 is 18.9 Å². The Morgan fingerprint density at radius 2 is 1.85 bits per heavy atom. The third kappa shape index (κ3) is 3.39. The Morgan fingerprint density at radius 3 is 2.46 bits per heavy atom. The van der Waals surface area contributed by atoms with Gasteiger partial charge in [0.15, 0.2) is 18.3 Å². The fourth-order valence-corrected chi connectivity index (χ4v) is 2.98. The number of hydrogen-bond donors (Lipinski definition) is 1. The smallest absolute Gasteiger partial charge is 0.203 e. The first-order chi connectivity index (χ1) is 12.7. The molecule has 0 radical (unpaired) electrons. The van der Waals surface area contributed by atoms with Crippen LogP contribution in [0.5, 0.6) is 23.0 Å². The zero-order chi connectivity index (χ0) is 18.5. The summed E-state index contributed by atoms with van der Waals surface area (Å²) in [6.07, 6.45) is 0.365. The van der Waals surface area contributed by atoms with Gasteiger partial charge in [0.05, 0.1) is 33.6 Å². The van der Waals surface area contributed by atoms with Crippen LogP contribution in [-0.2, 0) is 17.8 Å². The lowest BCUT2D eigenvalue weighted by Crippen LogP contribution is -2.16. The number of benzene rings is 2.